The van der Waals surface area contributed by atoms with Crippen molar-refractivity contribution < 1.29 is 9.59 Å². The Morgan fingerprint density at radius 1 is 1.18 bits per heavy atom. The van der Waals surface area contributed by atoms with Crippen LogP contribution in [0.3, 0.4) is 0 Å². The fraction of sp³-hybridized carbons (Fsp3) is 0.294. The number of rotatable bonds is 5. The highest BCUT2D eigenvalue weighted by atomic mass is 16.2. The van der Waals surface area contributed by atoms with Crippen LogP contribution in [-0.2, 0) is 13.0 Å². The van der Waals surface area contributed by atoms with Gasteiger partial charge in [-0.25, -0.2) is 0 Å². The number of aromatic amines is 1. The summed E-state index contributed by atoms with van der Waals surface area (Å²) in [4.78, 5) is 28.6. The fourth-order valence-corrected chi connectivity index (χ4v) is 2.13. The summed E-state index contributed by atoms with van der Waals surface area (Å²) in [6.45, 7) is 2.41. The van der Waals surface area contributed by atoms with Crippen molar-refractivity contribution in [2.24, 2.45) is 0 Å². The van der Waals surface area contributed by atoms with Gasteiger partial charge in [-0.2, -0.15) is 0 Å². The molecule has 0 atom stereocenters. The van der Waals surface area contributed by atoms with Crippen molar-refractivity contribution in [2.75, 3.05) is 14.1 Å². The number of nitrogens with zero attached hydrogens (tertiary/aromatic N) is 1. The summed E-state index contributed by atoms with van der Waals surface area (Å²) in [6.07, 6.45) is 0.863. The van der Waals surface area contributed by atoms with E-state index in [0.29, 0.717) is 17.8 Å². The monoisotopic (exact) mass is 299 g/mol. The number of hydrogen-bond donors (Lipinski definition) is 2. The van der Waals surface area contributed by atoms with Gasteiger partial charge in [0.05, 0.1) is 0 Å². The van der Waals surface area contributed by atoms with Gasteiger partial charge in [-0.3, -0.25) is 9.59 Å². The number of hydrogen-bond acceptors (Lipinski definition) is 2. The maximum atomic E-state index is 12.1. The number of carbonyl (C=O) groups is 2. The maximum Gasteiger partial charge on any atom is 0.267 e. The SMILES string of the molecule is CCc1ccc(C(=O)NCc2cccc(C(=O)N(C)C)c2)[nH]1. The van der Waals surface area contributed by atoms with Gasteiger partial charge in [0.2, 0.25) is 0 Å². The van der Waals surface area contributed by atoms with Gasteiger partial charge in [0.25, 0.3) is 11.8 Å². The molecule has 1 heterocycles. The normalized spacial score (nSPS) is 10.3. The lowest BCUT2D eigenvalue weighted by atomic mass is 10.1. The quantitative estimate of drug-likeness (QED) is 0.889. The summed E-state index contributed by atoms with van der Waals surface area (Å²) in [5.74, 6) is -0.200. The first-order valence-corrected chi connectivity index (χ1v) is 7.28. The second kappa shape index (κ2) is 6.93. The molecule has 0 fully saturated rings. The number of nitrogens with one attached hydrogen (secondary N) is 2. The molecular weight excluding hydrogens is 278 g/mol. The average molecular weight is 299 g/mol. The van der Waals surface area contributed by atoms with Crippen LogP contribution in [0.5, 0.6) is 0 Å². The van der Waals surface area contributed by atoms with Crippen LogP contribution in [0, 0.1) is 0 Å². The number of carbonyl (C=O) groups excluding carboxylic acids is 2. The molecule has 2 N–H and O–H groups in total. The minimum Gasteiger partial charge on any atom is -0.354 e. The molecule has 0 aliphatic carbocycles. The fourth-order valence-electron chi connectivity index (χ4n) is 2.13. The largest absolute Gasteiger partial charge is 0.354 e. The molecule has 0 spiro atoms. The zero-order valence-corrected chi connectivity index (χ0v) is 13.1. The lowest BCUT2D eigenvalue weighted by Crippen LogP contribution is -2.24. The Morgan fingerprint density at radius 2 is 1.95 bits per heavy atom. The predicted molar refractivity (Wildman–Crippen MR) is 85.8 cm³/mol. The van der Waals surface area contributed by atoms with Crippen LogP contribution in [0.1, 0.15) is 39.0 Å². The minimum atomic E-state index is -0.149. The first-order valence-electron chi connectivity index (χ1n) is 7.28. The van der Waals surface area contributed by atoms with E-state index in [1.165, 1.54) is 4.90 Å². The Kier molecular flexibility index (Phi) is 4.99. The number of H-pyrrole nitrogens is 1. The van der Waals surface area contributed by atoms with Gasteiger partial charge in [-0.1, -0.05) is 19.1 Å². The third-order valence-electron chi connectivity index (χ3n) is 3.41. The number of aromatic nitrogens is 1. The van der Waals surface area contributed by atoms with Crippen LogP contribution in [0.2, 0.25) is 0 Å². The lowest BCUT2D eigenvalue weighted by Gasteiger charge is -2.11. The Morgan fingerprint density at radius 3 is 2.59 bits per heavy atom. The zero-order chi connectivity index (χ0) is 16.1. The molecule has 0 saturated heterocycles. The molecular formula is C17H21N3O2. The first-order chi connectivity index (χ1) is 10.5. The van der Waals surface area contributed by atoms with E-state index in [2.05, 4.69) is 10.3 Å². The molecule has 0 aliphatic rings. The molecule has 0 saturated carbocycles. The third-order valence-corrected chi connectivity index (χ3v) is 3.41. The topological polar surface area (TPSA) is 65.2 Å². The molecule has 2 rings (SSSR count). The molecule has 2 amide bonds. The van der Waals surface area contributed by atoms with E-state index in [1.807, 2.05) is 25.1 Å². The van der Waals surface area contributed by atoms with Crippen molar-refractivity contribution in [3.63, 3.8) is 0 Å². The van der Waals surface area contributed by atoms with E-state index in [4.69, 9.17) is 0 Å². The highest BCUT2D eigenvalue weighted by Crippen LogP contribution is 2.08. The van der Waals surface area contributed by atoms with E-state index in [1.54, 1.807) is 32.3 Å². The van der Waals surface area contributed by atoms with Crippen LogP contribution in [0.15, 0.2) is 36.4 Å². The van der Waals surface area contributed by atoms with Crippen molar-refractivity contribution in [3.8, 4) is 0 Å². The van der Waals surface area contributed by atoms with Crippen molar-refractivity contribution in [1.82, 2.24) is 15.2 Å². The van der Waals surface area contributed by atoms with Gasteiger partial charge in [-0.15, -0.1) is 0 Å². The molecule has 1 aromatic heterocycles. The zero-order valence-electron chi connectivity index (χ0n) is 13.1. The van der Waals surface area contributed by atoms with Crippen molar-refractivity contribution >= 4 is 11.8 Å². The van der Waals surface area contributed by atoms with Gasteiger partial charge in [-0.05, 0) is 36.2 Å². The smallest absolute Gasteiger partial charge is 0.267 e. The molecule has 0 aliphatic heterocycles. The molecule has 2 aromatic rings. The molecule has 0 bridgehead atoms. The molecule has 0 unspecified atom stereocenters. The summed E-state index contributed by atoms with van der Waals surface area (Å²) in [7, 11) is 3.43. The highest BCUT2D eigenvalue weighted by molar-refractivity contribution is 5.94. The number of amides is 2. The van der Waals surface area contributed by atoms with Crippen molar-refractivity contribution in [1.29, 1.82) is 0 Å². The van der Waals surface area contributed by atoms with Crippen LogP contribution < -0.4 is 5.32 Å². The third kappa shape index (κ3) is 3.75. The van der Waals surface area contributed by atoms with Gasteiger partial charge in [0, 0.05) is 31.9 Å². The summed E-state index contributed by atoms with van der Waals surface area (Å²) in [5, 5.41) is 2.85. The predicted octanol–water partition coefficient (Wildman–Crippen LogP) is 2.21. The van der Waals surface area contributed by atoms with Gasteiger partial charge < -0.3 is 15.2 Å². The molecule has 5 nitrogen and oxygen atoms in total. The second-order valence-corrected chi connectivity index (χ2v) is 5.33. The number of aryl methyl sites for hydroxylation is 1. The number of benzene rings is 1. The van der Waals surface area contributed by atoms with Crippen molar-refractivity contribution in [2.45, 2.75) is 19.9 Å². The van der Waals surface area contributed by atoms with Gasteiger partial charge >= 0.3 is 0 Å². The minimum absolute atomic E-state index is 0.0508. The standard InChI is InChI=1S/C17H21N3O2/c1-4-14-8-9-15(19-14)16(21)18-11-12-6-5-7-13(10-12)17(22)20(2)3/h5-10,19H,4,11H2,1-3H3,(H,18,21). The van der Waals surface area contributed by atoms with Crippen LogP contribution in [-0.4, -0.2) is 35.8 Å². The van der Waals surface area contributed by atoms with E-state index in [0.717, 1.165) is 17.7 Å². The maximum absolute atomic E-state index is 12.1. The lowest BCUT2D eigenvalue weighted by molar-refractivity contribution is 0.0827. The van der Waals surface area contributed by atoms with Gasteiger partial charge in [0.15, 0.2) is 0 Å². The molecule has 22 heavy (non-hydrogen) atoms. The van der Waals surface area contributed by atoms with Crippen LogP contribution in [0.4, 0.5) is 0 Å². The summed E-state index contributed by atoms with van der Waals surface area (Å²) in [6, 6.07) is 11.0. The van der Waals surface area contributed by atoms with Crippen LogP contribution >= 0.6 is 0 Å². The Balaban J connectivity index is 2.01. The van der Waals surface area contributed by atoms with E-state index in [-0.39, 0.29) is 11.8 Å². The average Bonchev–Trinajstić information content (AvgIpc) is 3.01. The molecule has 5 heteroatoms. The first kappa shape index (κ1) is 15.8. The molecule has 1 aromatic carbocycles. The van der Waals surface area contributed by atoms with Crippen LogP contribution in [0.25, 0.3) is 0 Å². The Hall–Kier alpha value is -2.56. The Labute approximate surface area is 130 Å². The van der Waals surface area contributed by atoms with E-state index >= 15 is 0 Å². The molecule has 0 radical (unpaired) electrons. The second-order valence-electron chi connectivity index (χ2n) is 5.33. The molecule has 116 valence electrons. The van der Waals surface area contributed by atoms with E-state index in [9.17, 15) is 9.59 Å². The highest BCUT2D eigenvalue weighted by Gasteiger charge is 2.10. The summed E-state index contributed by atoms with van der Waals surface area (Å²) in [5.41, 5.74) is 3.09. The summed E-state index contributed by atoms with van der Waals surface area (Å²) < 4.78 is 0. The van der Waals surface area contributed by atoms with E-state index < -0.39 is 0 Å². The van der Waals surface area contributed by atoms with Crippen molar-refractivity contribution in [3.05, 3.63) is 58.9 Å². The van der Waals surface area contributed by atoms with Gasteiger partial charge in [0.1, 0.15) is 5.69 Å². The Bertz CT molecular complexity index is 674. The summed E-state index contributed by atoms with van der Waals surface area (Å²) >= 11 is 0.